The van der Waals surface area contributed by atoms with E-state index in [1.54, 1.807) is 36.4 Å². The fraction of sp³-hybridized carbons (Fsp3) is 0. The number of aromatic hydroxyl groups is 2. The summed E-state index contributed by atoms with van der Waals surface area (Å²) < 4.78 is 0.880. The fourth-order valence-electron chi connectivity index (χ4n) is 1.41. The van der Waals surface area contributed by atoms with Crippen molar-refractivity contribution < 1.29 is 10.2 Å². The maximum absolute atomic E-state index is 9.38. The standard InChI is InChI=1S/C12H9BrO2/c13-12-5-4-10(15)7-11(12)8-2-1-3-9(14)6-8/h1-7,14-15H. The molecule has 0 unspecified atom stereocenters. The molecule has 0 saturated carbocycles. The van der Waals surface area contributed by atoms with E-state index in [9.17, 15) is 10.2 Å². The molecule has 0 bridgehead atoms. The van der Waals surface area contributed by atoms with Gasteiger partial charge in [0.2, 0.25) is 0 Å². The Labute approximate surface area is 95.9 Å². The number of rotatable bonds is 1. The SMILES string of the molecule is Oc1cccc(-c2cc(O)ccc2Br)c1. The third kappa shape index (κ3) is 2.13. The van der Waals surface area contributed by atoms with Crippen molar-refractivity contribution in [3.8, 4) is 22.6 Å². The minimum Gasteiger partial charge on any atom is -0.508 e. The first-order valence-corrected chi connectivity index (χ1v) is 5.24. The molecule has 0 fully saturated rings. The monoisotopic (exact) mass is 264 g/mol. The molecule has 2 N–H and O–H groups in total. The second kappa shape index (κ2) is 3.95. The lowest BCUT2D eigenvalue weighted by atomic mass is 10.1. The van der Waals surface area contributed by atoms with Crippen molar-refractivity contribution in [3.05, 3.63) is 46.9 Å². The number of halogens is 1. The van der Waals surface area contributed by atoms with Crippen LogP contribution in [0.15, 0.2) is 46.9 Å². The van der Waals surface area contributed by atoms with Crippen molar-refractivity contribution in [1.29, 1.82) is 0 Å². The van der Waals surface area contributed by atoms with Crippen LogP contribution in [0.5, 0.6) is 11.5 Å². The number of hydrogen-bond acceptors (Lipinski definition) is 2. The summed E-state index contributed by atoms with van der Waals surface area (Å²) in [6.07, 6.45) is 0. The Morgan fingerprint density at radius 3 is 2.33 bits per heavy atom. The maximum atomic E-state index is 9.38. The quantitative estimate of drug-likeness (QED) is 0.828. The average molecular weight is 265 g/mol. The van der Waals surface area contributed by atoms with E-state index in [0.717, 1.165) is 15.6 Å². The molecule has 0 heterocycles. The van der Waals surface area contributed by atoms with Gasteiger partial charge in [0, 0.05) is 4.47 Å². The summed E-state index contributed by atoms with van der Waals surface area (Å²) >= 11 is 3.40. The molecule has 0 atom stereocenters. The van der Waals surface area contributed by atoms with E-state index in [1.165, 1.54) is 0 Å². The van der Waals surface area contributed by atoms with Gasteiger partial charge in [0.1, 0.15) is 11.5 Å². The van der Waals surface area contributed by atoms with E-state index in [0.29, 0.717) is 0 Å². The van der Waals surface area contributed by atoms with Gasteiger partial charge in [-0.2, -0.15) is 0 Å². The van der Waals surface area contributed by atoms with Gasteiger partial charge in [0.05, 0.1) is 0 Å². The van der Waals surface area contributed by atoms with Crippen LogP contribution in [0.2, 0.25) is 0 Å². The van der Waals surface area contributed by atoms with Gasteiger partial charge >= 0.3 is 0 Å². The predicted octanol–water partition coefficient (Wildman–Crippen LogP) is 3.53. The highest BCUT2D eigenvalue weighted by Gasteiger charge is 2.04. The van der Waals surface area contributed by atoms with Crippen LogP contribution in [0.1, 0.15) is 0 Å². The molecule has 2 rings (SSSR count). The zero-order valence-electron chi connectivity index (χ0n) is 7.81. The lowest BCUT2D eigenvalue weighted by Crippen LogP contribution is -1.79. The molecule has 2 aromatic rings. The Kier molecular flexibility index (Phi) is 2.64. The van der Waals surface area contributed by atoms with Gasteiger partial charge in [0.15, 0.2) is 0 Å². The van der Waals surface area contributed by atoms with Gasteiger partial charge in [-0.05, 0) is 41.5 Å². The van der Waals surface area contributed by atoms with Crippen LogP contribution < -0.4 is 0 Å². The third-order valence-electron chi connectivity index (χ3n) is 2.11. The minimum absolute atomic E-state index is 0.205. The van der Waals surface area contributed by atoms with Crippen LogP contribution in [0.4, 0.5) is 0 Å². The maximum Gasteiger partial charge on any atom is 0.116 e. The first-order chi connectivity index (χ1) is 7.16. The van der Waals surface area contributed by atoms with Gasteiger partial charge in [-0.3, -0.25) is 0 Å². The van der Waals surface area contributed by atoms with Crippen molar-refractivity contribution in [2.45, 2.75) is 0 Å². The molecule has 2 aromatic carbocycles. The van der Waals surface area contributed by atoms with E-state index in [4.69, 9.17) is 0 Å². The van der Waals surface area contributed by atoms with Crippen LogP contribution in [-0.2, 0) is 0 Å². The second-order valence-electron chi connectivity index (χ2n) is 3.21. The van der Waals surface area contributed by atoms with Gasteiger partial charge < -0.3 is 10.2 Å². The molecule has 2 nitrogen and oxygen atoms in total. The summed E-state index contributed by atoms with van der Waals surface area (Å²) in [6.45, 7) is 0. The van der Waals surface area contributed by atoms with E-state index in [2.05, 4.69) is 15.9 Å². The summed E-state index contributed by atoms with van der Waals surface area (Å²) in [5.41, 5.74) is 1.71. The Morgan fingerprint density at radius 2 is 1.60 bits per heavy atom. The van der Waals surface area contributed by atoms with Gasteiger partial charge in [-0.15, -0.1) is 0 Å². The summed E-state index contributed by atoms with van der Waals surface area (Å²) in [6, 6.07) is 11.9. The lowest BCUT2D eigenvalue weighted by Gasteiger charge is -2.05. The molecule has 0 amide bonds. The van der Waals surface area contributed by atoms with Crippen molar-refractivity contribution in [2.24, 2.45) is 0 Å². The zero-order chi connectivity index (χ0) is 10.8. The number of hydrogen-bond donors (Lipinski definition) is 2. The van der Waals surface area contributed by atoms with Gasteiger partial charge in [-0.1, -0.05) is 28.1 Å². The zero-order valence-corrected chi connectivity index (χ0v) is 9.40. The minimum atomic E-state index is 0.205. The molecule has 0 aliphatic rings. The Bertz CT molecular complexity index is 495. The lowest BCUT2D eigenvalue weighted by molar-refractivity contribution is 0.474. The van der Waals surface area contributed by atoms with Crippen LogP contribution >= 0.6 is 15.9 Å². The Balaban J connectivity index is 2.58. The van der Waals surface area contributed by atoms with Crippen LogP contribution in [0.25, 0.3) is 11.1 Å². The van der Waals surface area contributed by atoms with E-state index in [1.807, 2.05) is 6.07 Å². The number of phenols is 2. The Hall–Kier alpha value is -1.48. The van der Waals surface area contributed by atoms with Crippen molar-refractivity contribution in [2.75, 3.05) is 0 Å². The summed E-state index contributed by atoms with van der Waals surface area (Å²) in [5.74, 6) is 0.416. The van der Waals surface area contributed by atoms with Gasteiger partial charge in [-0.25, -0.2) is 0 Å². The molecule has 0 spiro atoms. The largest absolute Gasteiger partial charge is 0.508 e. The molecular formula is C12H9BrO2. The molecule has 0 radical (unpaired) electrons. The molecular weight excluding hydrogens is 256 g/mol. The molecule has 0 saturated heterocycles. The topological polar surface area (TPSA) is 40.5 Å². The number of phenolic OH excluding ortho intramolecular Hbond substituents is 2. The number of benzene rings is 2. The first kappa shape index (κ1) is 10.1. The highest BCUT2D eigenvalue weighted by molar-refractivity contribution is 9.10. The van der Waals surface area contributed by atoms with Gasteiger partial charge in [0.25, 0.3) is 0 Å². The van der Waals surface area contributed by atoms with Crippen LogP contribution in [-0.4, -0.2) is 10.2 Å². The predicted molar refractivity (Wildman–Crippen MR) is 62.9 cm³/mol. The highest BCUT2D eigenvalue weighted by Crippen LogP contribution is 2.32. The van der Waals surface area contributed by atoms with E-state index in [-0.39, 0.29) is 11.5 Å². The second-order valence-corrected chi connectivity index (χ2v) is 4.07. The molecule has 76 valence electrons. The van der Waals surface area contributed by atoms with Crippen LogP contribution in [0, 0.1) is 0 Å². The summed E-state index contributed by atoms with van der Waals surface area (Å²) in [7, 11) is 0. The highest BCUT2D eigenvalue weighted by atomic mass is 79.9. The fourth-order valence-corrected chi connectivity index (χ4v) is 1.88. The molecule has 15 heavy (non-hydrogen) atoms. The summed E-state index contributed by atoms with van der Waals surface area (Å²) in [5, 5.41) is 18.7. The van der Waals surface area contributed by atoms with Crippen molar-refractivity contribution in [1.82, 2.24) is 0 Å². The Morgan fingerprint density at radius 1 is 0.867 bits per heavy atom. The smallest absolute Gasteiger partial charge is 0.116 e. The molecule has 3 heteroatoms. The first-order valence-electron chi connectivity index (χ1n) is 4.45. The van der Waals surface area contributed by atoms with Crippen LogP contribution in [0.3, 0.4) is 0 Å². The van der Waals surface area contributed by atoms with E-state index < -0.39 is 0 Å². The third-order valence-corrected chi connectivity index (χ3v) is 2.80. The molecule has 0 aliphatic heterocycles. The normalized spacial score (nSPS) is 10.2. The van der Waals surface area contributed by atoms with E-state index >= 15 is 0 Å². The summed E-state index contributed by atoms with van der Waals surface area (Å²) in [4.78, 5) is 0. The average Bonchev–Trinajstić information content (AvgIpc) is 2.22. The van der Waals surface area contributed by atoms with Crippen molar-refractivity contribution in [3.63, 3.8) is 0 Å². The molecule has 0 aliphatic carbocycles. The van der Waals surface area contributed by atoms with Crippen molar-refractivity contribution >= 4 is 15.9 Å². The molecule has 0 aromatic heterocycles.